The van der Waals surface area contributed by atoms with Crippen LogP contribution in [0.25, 0.3) is 0 Å². The van der Waals surface area contributed by atoms with Gasteiger partial charge >= 0.3 is 5.97 Å². The summed E-state index contributed by atoms with van der Waals surface area (Å²) in [6, 6.07) is 8.43. The molecule has 2 rings (SSSR count). The maximum Gasteiger partial charge on any atom is 0.319 e. The van der Waals surface area contributed by atoms with E-state index in [0.717, 1.165) is 12.0 Å². The molecule has 0 saturated heterocycles. The Morgan fingerprint density at radius 2 is 1.65 bits per heavy atom. The van der Waals surface area contributed by atoms with Crippen LogP contribution >= 0.6 is 8.38 Å². The molecule has 0 aromatic heterocycles. The van der Waals surface area contributed by atoms with Gasteiger partial charge in [-0.05, 0) is 62.7 Å². The zero-order chi connectivity index (χ0) is 25.4. The van der Waals surface area contributed by atoms with Crippen molar-refractivity contribution >= 4 is 26.1 Å². The van der Waals surface area contributed by atoms with E-state index in [-0.39, 0.29) is 17.7 Å². The molecule has 8 nitrogen and oxygen atoms in total. The zero-order valence-electron chi connectivity index (χ0n) is 21.7. The van der Waals surface area contributed by atoms with E-state index in [9.17, 15) is 4.79 Å². The highest BCUT2D eigenvalue weighted by Crippen LogP contribution is 2.46. The van der Waals surface area contributed by atoms with Crippen LogP contribution in [0.15, 0.2) is 34.4 Å². The van der Waals surface area contributed by atoms with Gasteiger partial charge < -0.3 is 13.8 Å². The lowest BCUT2D eigenvalue weighted by atomic mass is 9.82. The van der Waals surface area contributed by atoms with Crippen LogP contribution < -0.4 is 0 Å². The van der Waals surface area contributed by atoms with Crippen molar-refractivity contribution in [1.82, 2.24) is 0 Å². The molecule has 9 heteroatoms. The van der Waals surface area contributed by atoms with Crippen LogP contribution in [0.5, 0.6) is 0 Å². The first-order valence-corrected chi connectivity index (χ1v) is 13.1. The van der Waals surface area contributed by atoms with Gasteiger partial charge in [-0.25, -0.2) is 0 Å². The Kier molecular flexibility index (Phi) is 10.5. The first kappa shape index (κ1) is 28.2. The highest BCUT2D eigenvalue weighted by molar-refractivity contribution is 7.49. The molecule has 0 bridgehead atoms. The quantitative estimate of drug-likeness (QED) is 0.199. The van der Waals surface area contributed by atoms with Gasteiger partial charge in [-0.2, -0.15) is 9.98 Å². The molecule has 1 aromatic carbocycles. The minimum absolute atomic E-state index is 0.114. The number of rotatable bonds is 12. The van der Waals surface area contributed by atoms with Crippen molar-refractivity contribution in [1.29, 1.82) is 0 Å². The molecule has 0 N–H and O–H groups in total. The van der Waals surface area contributed by atoms with E-state index >= 15 is 0 Å². The standard InChI is InChI=1S/C25H39N2O6P/c1-9-25(7,8)19-14-12-18(13-15-19)16-21-26-22(32-33-27-21)17-20(23(28)31-24(4,5)6)34(29-10-2)30-11-3/h12-15,20H,9-11,16-17H2,1-8H3. The molecule has 1 aliphatic rings. The Morgan fingerprint density at radius 1 is 1.03 bits per heavy atom. The van der Waals surface area contributed by atoms with Crippen LogP contribution in [0.4, 0.5) is 0 Å². The molecule has 0 radical (unpaired) electrons. The van der Waals surface area contributed by atoms with Crippen LogP contribution in [0.1, 0.15) is 79.4 Å². The molecular weight excluding hydrogens is 455 g/mol. The fourth-order valence-electron chi connectivity index (χ4n) is 3.15. The molecular formula is C25H39N2O6P. The van der Waals surface area contributed by atoms with Gasteiger partial charge in [0.2, 0.25) is 0 Å². The lowest BCUT2D eigenvalue weighted by Crippen LogP contribution is -2.34. The number of hydrogen-bond acceptors (Lipinski definition) is 8. The Hall–Kier alpha value is -2.02. The van der Waals surface area contributed by atoms with E-state index in [4.69, 9.17) is 23.7 Å². The van der Waals surface area contributed by atoms with E-state index in [1.807, 2.05) is 34.6 Å². The summed E-state index contributed by atoms with van der Waals surface area (Å²) in [6.45, 7) is 16.6. The largest absolute Gasteiger partial charge is 0.459 e. The second-order valence-electron chi connectivity index (χ2n) is 9.66. The molecule has 0 spiro atoms. The SMILES string of the molecule is CCOP(OCC)C(CC1=NC(Cc2ccc(C(C)(C)CC)cc2)=NOO1)C(=O)OC(C)(C)C. The van der Waals surface area contributed by atoms with E-state index in [1.54, 1.807) is 0 Å². The lowest BCUT2D eigenvalue weighted by Gasteiger charge is -2.28. The third kappa shape index (κ3) is 8.64. The van der Waals surface area contributed by atoms with Gasteiger partial charge in [0.25, 0.3) is 5.90 Å². The second kappa shape index (κ2) is 12.6. The minimum atomic E-state index is -1.55. The third-order valence-corrected chi connectivity index (χ3v) is 7.25. The Morgan fingerprint density at radius 3 is 2.18 bits per heavy atom. The van der Waals surface area contributed by atoms with Crippen molar-refractivity contribution in [2.24, 2.45) is 10.1 Å². The molecule has 1 heterocycles. The molecule has 0 saturated carbocycles. The summed E-state index contributed by atoms with van der Waals surface area (Å²) in [4.78, 5) is 27.7. The van der Waals surface area contributed by atoms with Gasteiger partial charge in [-0.15, -0.1) is 0 Å². The average molecular weight is 495 g/mol. The molecule has 0 amide bonds. The van der Waals surface area contributed by atoms with Gasteiger partial charge in [0, 0.05) is 6.42 Å². The Bertz CT molecular complexity index is 855. The van der Waals surface area contributed by atoms with Gasteiger partial charge in [0.05, 0.1) is 19.6 Å². The van der Waals surface area contributed by atoms with E-state index in [2.05, 4.69) is 55.2 Å². The summed E-state index contributed by atoms with van der Waals surface area (Å²) < 4.78 is 17.1. The summed E-state index contributed by atoms with van der Waals surface area (Å²) in [5.74, 6) is 0.269. The topological polar surface area (TPSA) is 87.9 Å². The van der Waals surface area contributed by atoms with Gasteiger partial charge in [0.1, 0.15) is 11.3 Å². The van der Waals surface area contributed by atoms with Crippen LogP contribution in [-0.2, 0) is 40.3 Å². The number of amidine groups is 1. The van der Waals surface area contributed by atoms with Gasteiger partial charge in [-0.1, -0.05) is 45.0 Å². The van der Waals surface area contributed by atoms with Crippen LogP contribution in [0.3, 0.4) is 0 Å². The number of carbonyl (C=O) groups is 1. The van der Waals surface area contributed by atoms with Crippen molar-refractivity contribution in [3.63, 3.8) is 0 Å². The molecule has 190 valence electrons. The van der Waals surface area contributed by atoms with Gasteiger partial charge in [-0.3, -0.25) is 9.68 Å². The molecule has 0 aliphatic carbocycles. The van der Waals surface area contributed by atoms with Crippen molar-refractivity contribution in [3.8, 4) is 0 Å². The molecule has 1 aliphatic heterocycles. The maximum atomic E-state index is 13.0. The van der Waals surface area contributed by atoms with Crippen molar-refractivity contribution in [3.05, 3.63) is 35.4 Å². The van der Waals surface area contributed by atoms with E-state index in [0.29, 0.717) is 25.5 Å². The molecule has 1 aromatic rings. The Balaban J connectivity index is 2.17. The average Bonchev–Trinajstić information content (AvgIpc) is 2.77. The van der Waals surface area contributed by atoms with E-state index in [1.165, 1.54) is 5.56 Å². The summed E-state index contributed by atoms with van der Waals surface area (Å²) in [6.07, 6.45) is 1.65. The number of aliphatic imine (C=N–C) groups is 1. The number of hydrogen-bond donors (Lipinski definition) is 0. The number of oxime groups is 1. The monoisotopic (exact) mass is 494 g/mol. The number of carbonyl (C=O) groups excluding carboxylic acids is 1. The predicted octanol–water partition coefficient (Wildman–Crippen LogP) is 6.08. The summed E-state index contributed by atoms with van der Waals surface area (Å²) in [5, 5.41) is 3.92. The minimum Gasteiger partial charge on any atom is -0.459 e. The normalized spacial score (nSPS) is 15.2. The van der Waals surface area contributed by atoms with E-state index < -0.39 is 25.6 Å². The first-order chi connectivity index (χ1) is 16.0. The summed E-state index contributed by atoms with van der Waals surface area (Å²) in [5.41, 5.74) is 1.10. The smallest absolute Gasteiger partial charge is 0.319 e. The molecule has 0 fully saturated rings. The lowest BCUT2D eigenvalue weighted by molar-refractivity contribution is -0.227. The highest BCUT2D eigenvalue weighted by atomic mass is 31.2. The number of nitrogens with zero attached hydrogens (tertiary/aromatic N) is 2. The summed E-state index contributed by atoms with van der Waals surface area (Å²) >= 11 is 0. The molecule has 1 atom stereocenters. The van der Waals surface area contributed by atoms with Crippen LogP contribution in [-0.4, -0.2) is 42.2 Å². The Labute approximate surface area is 204 Å². The van der Waals surface area contributed by atoms with Crippen LogP contribution in [0, 0.1) is 0 Å². The van der Waals surface area contributed by atoms with Crippen molar-refractivity contribution in [2.45, 2.75) is 91.3 Å². The van der Waals surface area contributed by atoms with Gasteiger partial charge in [0.15, 0.2) is 14.2 Å². The predicted molar refractivity (Wildman–Crippen MR) is 135 cm³/mol. The summed E-state index contributed by atoms with van der Waals surface area (Å²) in [7, 11) is -1.55. The zero-order valence-corrected chi connectivity index (χ0v) is 22.6. The van der Waals surface area contributed by atoms with Crippen molar-refractivity contribution < 1.29 is 28.5 Å². The number of benzene rings is 1. The number of ether oxygens (including phenoxy) is 1. The first-order valence-electron chi connectivity index (χ1n) is 11.8. The number of esters is 1. The fourth-order valence-corrected chi connectivity index (χ4v) is 4.62. The highest BCUT2D eigenvalue weighted by Gasteiger charge is 2.37. The maximum absolute atomic E-state index is 13.0. The van der Waals surface area contributed by atoms with Crippen molar-refractivity contribution in [2.75, 3.05) is 13.2 Å². The molecule has 1 unspecified atom stereocenters. The molecule has 34 heavy (non-hydrogen) atoms. The van der Waals surface area contributed by atoms with Crippen LogP contribution in [0.2, 0.25) is 0 Å². The fraction of sp³-hybridized carbons (Fsp3) is 0.640. The second-order valence-corrected chi connectivity index (χ2v) is 11.4. The third-order valence-electron chi connectivity index (χ3n) is 5.33.